The van der Waals surface area contributed by atoms with Gasteiger partial charge >= 0.3 is 5.97 Å². The van der Waals surface area contributed by atoms with Crippen molar-refractivity contribution in [1.29, 1.82) is 5.26 Å². The van der Waals surface area contributed by atoms with Crippen LogP contribution in [0.5, 0.6) is 0 Å². The Bertz CT molecular complexity index is 917. The molecule has 3 rings (SSSR count). The van der Waals surface area contributed by atoms with E-state index in [-0.39, 0.29) is 5.56 Å². The summed E-state index contributed by atoms with van der Waals surface area (Å²) in [6, 6.07) is 15.9. The number of rotatable bonds is 4. The van der Waals surface area contributed by atoms with Crippen molar-refractivity contribution in [3.63, 3.8) is 0 Å². The monoisotopic (exact) mass is 304 g/mol. The summed E-state index contributed by atoms with van der Waals surface area (Å²) in [6.07, 6.45) is 1.50. The molecular weight excluding hydrogens is 292 g/mol. The Morgan fingerprint density at radius 2 is 2.09 bits per heavy atom. The molecule has 6 heteroatoms. The lowest BCUT2D eigenvalue weighted by molar-refractivity contribution is 0.0697. The van der Waals surface area contributed by atoms with Gasteiger partial charge in [-0.2, -0.15) is 5.26 Å². The van der Waals surface area contributed by atoms with Crippen molar-refractivity contribution in [2.45, 2.75) is 0 Å². The van der Waals surface area contributed by atoms with E-state index in [1.165, 1.54) is 18.3 Å². The lowest BCUT2D eigenvalue weighted by Gasteiger charge is -2.02. The molecule has 0 aliphatic heterocycles. The molecule has 0 radical (unpaired) electrons. The van der Waals surface area contributed by atoms with E-state index in [2.05, 4.69) is 21.4 Å². The molecule has 3 N–H and O–H groups in total. The lowest BCUT2D eigenvalue weighted by Crippen LogP contribution is -1.98. The van der Waals surface area contributed by atoms with Gasteiger partial charge in [-0.3, -0.25) is 0 Å². The van der Waals surface area contributed by atoms with Gasteiger partial charge in [0.2, 0.25) is 0 Å². The molecule has 112 valence electrons. The summed E-state index contributed by atoms with van der Waals surface area (Å²) in [6.45, 7) is 0. The van der Waals surface area contributed by atoms with Crippen molar-refractivity contribution >= 4 is 28.3 Å². The van der Waals surface area contributed by atoms with Crippen LogP contribution in [0.2, 0.25) is 0 Å². The molecule has 1 heterocycles. The Hall–Kier alpha value is -3.59. The number of fused-ring (bicyclic) bond motifs is 1. The summed E-state index contributed by atoms with van der Waals surface area (Å²) >= 11 is 0. The zero-order valence-electron chi connectivity index (χ0n) is 11.9. The highest BCUT2D eigenvalue weighted by Gasteiger charge is 2.07. The molecule has 0 fully saturated rings. The molecule has 6 nitrogen and oxygen atoms in total. The number of aromatic amines is 1. The van der Waals surface area contributed by atoms with Gasteiger partial charge in [-0.15, -0.1) is 0 Å². The number of hydrogen-bond acceptors (Lipinski definition) is 4. The number of H-pyrrole nitrogens is 1. The average molecular weight is 304 g/mol. The van der Waals surface area contributed by atoms with Crippen LogP contribution in [0.1, 0.15) is 16.2 Å². The van der Waals surface area contributed by atoms with E-state index in [0.29, 0.717) is 17.1 Å². The van der Waals surface area contributed by atoms with Gasteiger partial charge in [-0.1, -0.05) is 18.2 Å². The Balaban J connectivity index is 1.89. The number of aromatic carboxylic acids is 1. The molecule has 0 unspecified atom stereocenters. The van der Waals surface area contributed by atoms with Crippen LogP contribution in [-0.2, 0) is 0 Å². The second kappa shape index (κ2) is 6.03. The van der Waals surface area contributed by atoms with Crippen molar-refractivity contribution in [1.82, 2.24) is 9.97 Å². The van der Waals surface area contributed by atoms with E-state index in [1.807, 2.05) is 24.3 Å². The second-order valence-electron chi connectivity index (χ2n) is 4.80. The highest BCUT2D eigenvalue weighted by Crippen LogP contribution is 2.17. The van der Waals surface area contributed by atoms with Crippen LogP contribution < -0.4 is 5.32 Å². The highest BCUT2D eigenvalue weighted by atomic mass is 16.4. The summed E-state index contributed by atoms with van der Waals surface area (Å²) < 4.78 is 0. The van der Waals surface area contributed by atoms with E-state index in [0.717, 1.165) is 11.0 Å². The maximum Gasteiger partial charge on any atom is 0.335 e. The average Bonchev–Trinajstić information content (AvgIpc) is 2.99. The van der Waals surface area contributed by atoms with Gasteiger partial charge in [0.1, 0.15) is 11.6 Å². The summed E-state index contributed by atoms with van der Waals surface area (Å²) in [5.41, 5.74) is 2.69. The number of carboxylic acids is 1. The quantitative estimate of drug-likeness (QED) is 0.642. The predicted molar refractivity (Wildman–Crippen MR) is 86.7 cm³/mol. The van der Waals surface area contributed by atoms with Gasteiger partial charge in [0.15, 0.2) is 5.82 Å². The zero-order valence-corrected chi connectivity index (χ0v) is 11.9. The fourth-order valence-corrected chi connectivity index (χ4v) is 2.13. The molecule has 0 aliphatic rings. The number of anilines is 1. The molecular formula is C17H12N4O2. The minimum absolute atomic E-state index is 0.172. The van der Waals surface area contributed by atoms with Crippen LogP contribution in [0.15, 0.2) is 54.7 Å². The SMILES string of the molecule is N#C/C(=C\Nc1cccc(C(=O)O)c1)c1nc2ccccc2[nH]1. The maximum atomic E-state index is 11.0. The number of hydrogen-bond donors (Lipinski definition) is 3. The first kappa shape index (κ1) is 14.4. The number of para-hydroxylation sites is 2. The molecule has 0 spiro atoms. The van der Waals surface area contributed by atoms with Crippen LogP contribution in [0.3, 0.4) is 0 Å². The Morgan fingerprint density at radius 1 is 1.26 bits per heavy atom. The largest absolute Gasteiger partial charge is 0.478 e. The first-order chi connectivity index (χ1) is 11.2. The van der Waals surface area contributed by atoms with E-state index in [1.54, 1.807) is 12.1 Å². The van der Waals surface area contributed by atoms with Gasteiger partial charge in [0, 0.05) is 11.9 Å². The smallest absolute Gasteiger partial charge is 0.335 e. The van der Waals surface area contributed by atoms with Crippen LogP contribution in [0, 0.1) is 11.3 Å². The van der Waals surface area contributed by atoms with Crippen molar-refractivity contribution < 1.29 is 9.90 Å². The van der Waals surface area contributed by atoms with Gasteiger partial charge in [-0.05, 0) is 30.3 Å². The normalized spacial score (nSPS) is 11.2. The molecule has 0 amide bonds. The number of nitriles is 1. The molecule has 0 aliphatic carbocycles. The lowest BCUT2D eigenvalue weighted by atomic mass is 10.2. The number of nitrogens with one attached hydrogen (secondary N) is 2. The highest BCUT2D eigenvalue weighted by molar-refractivity contribution is 5.89. The Kier molecular flexibility index (Phi) is 3.77. The van der Waals surface area contributed by atoms with Gasteiger partial charge < -0.3 is 15.4 Å². The molecule has 2 aromatic carbocycles. The Labute approximate surface area is 131 Å². The topological polar surface area (TPSA) is 102 Å². The predicted octanol–water partition coefficient (Wildman–Crippen LogP) is 3.24. The maximum absolute atomic E-state index is 11.0. The summed E-state index contributed by atoms with van der Waals surface area (Å²) in [7, 11) is 0. The van der Waals surface area contributed by atoms with Crippen molar-refractivity contribution in [3.05, 3.63) is 66.1 Å². The molecule has 0 bridgehead atoms. The van der Waals surface area contributed by atoms with Crippen LogP contribution in [0.25, 0.3) is 16.6 Å². The molecule has 1 aromatic heterocycles. The molecule has 0 saturated heterocycles. The fraction of sp³-hybridized carbons (Fsp3) is 0. The molecule has 0 saturated carbocycles. The third-order valence-corrected chi connectivity index (χ3v) is 3.26. The minimum atomic E-state index is -1.00. The first-order valence-corrected chi connectivity index (χ1v) is 6.82. The zero-order chi connectivity index (χ0) is 16.2. The number of nitrogens with zero attached hydrogens (tertiary/aromatic N) is 2. The third kappa shape index (κ3) is 3.04. The minimum Gasteiger partial charge on any atom is -0.478 e. The number of carbonyl (C=O) groups is 1. The number of carboxylic acid groups (broad SMARTS) is 1. The third-order valence-electron chi connectivity index (χ3n) is 3.26. The first-order valence-electron chi connectivity index (χ1n) is 6.82. The van der Waals surface area contributed by atoms with Crippen molar-refractivity contribution in [2.24, 2.45) is 0 Å². The van der Waals surface area contributed by atoms with Crippen LogP contribution in [-0.4, -0.2) is 21.0 Å². The molecule has 0 atom stereocenters. The van der Waals surface area contributed by atoms with Gasteiger partial charge in [0.05, 0.1) is 16.6 Å². The summed E-state index contributed by atoms with van der Waals surface area (Å²) in [4.78, 5) is 18.4. The summed E-state index contributed by atoms with van der Waals surface area (Å²) in [5, 5.41) is 21.2. The molecule has 23 heavy (non-hydrogen) atoms. The van der Waals surface area contributed by atoms with E-state index in [9.17, 15) is 10.1 Å². The van der Waals surface area contributed by atoms with E-state index >= 15 is 0 Å². The number of imidazole rings is 1. The van der Waals surface area contributed by atoms with Crippen molar-refractivity contribution in [3.8, 4) is 6.07 Å². The number of benzene rings is 2. The second-order valence-corrected chi connectivity index (χ2v) is 4.80. The van der Waals surface area contributed by atoms with E-state index in [4.69, 9.17) is 5.11 Å². The summed E-state index contributed by atoms with van der Waals surface area (Å²) in [5.74, 6) is -0.550. The van der Waals surface area contributed by atoms with Gasteiger partial charge in [-0.25, -0.2) is 9.78 Å². The van der Waals surface area contributed by atoms with Crippen LogP contribution >= 0.6 is 0 Å². The number of allylic oxidation sites excluding steroid dienone is 1. The van der Waals surface area contributed by atoms with Crippen LogP contribution in [0.4, 0.5) is 5.69 Å². The van der Waals surface area contributed by atoms with E-state index < -0.39 is 5.97 Å². The number of aromatic nitrogens is 2. The van der Waals surface area contributed by atoms with Gasteiger partial charge in [0.25, 0.3) is 0 Å². The molecule has 3 aromatic rings. The van der Waals surface area contributed by atoms with Crippen molar-refractivity contribution in [2.75, 3.05) is 5.32 Å². The Morgan fingerprint density at radius 3 is 2.83 bits per heavy atom. The fourth-order valence-electron chi connectivity index (χ4n) is 2.13. The standard InChI is InChI=1S/C17H12N4O2/c18-9-12(16-20-14-6-1-2-7-15(14)21-16)10-19-13-5-3-4-11(8-13)17(22)23/h1-8,10,19H,(H,20,21)(H,22,23)/b12-10+.